The van der Waals surface area contributed by atoms with Crippen LogP contribution in [-0.2, 0) is 14.4 Å². The first-order chi connectivity index (χ1) is 16.9. The Morgan fingerprint density at radius 1 is 0.886 bits per heavy atom. The van der Waals surface area contributed by atoms with E-state index in [0.717, 1.165) is 11.1 Å². The van der Waals surface area contributed by atoms with E-state index >= 15 is 0 Å². The van der Waals surface area contributed by atoms with Crippen molar-refractivity contribution in [1.82, 2.24) is 10.6 Å². The maximum Gasteiger partial charge on any atom is 0.293 e. The van der Waals surface area contributed by atoms with E-state index in [9.17, 15) is 19.2 Å². The normalized spacial score (nSPS) is 15.8. The van der Waals surface area contributed by atoms with Crippen LogP contribution >= 0.6 is 0 Å². The van der Waals surface area contributed by atoms with Gasteiger partial charge in [0, 0.05) is 23.7 Å². The van der Waals surface area contributed by atoms with Crippen LogP contribution in [0.25, 0.3) is 0 Å². The average molecular weight is 469 g/mol. The molecule has 0 aromatic heterocycles. The molecule has 0 saturated carbocycles. The second kappa shape index (κ2) is 10.1. The van der Waals surface area contributed by atoms with Crippen LogP contribution in [0.1, 0.15) is 28.4 Å². The number of carbonyl (C=O) groups excluding carboxylic acids is 4. The summed E-state index contributed by atoms with van der Waals surface area (Å²) in [6.07, 6.45) is -1.22. The molecule has 0 radical (unpaired) electrons. The number of hydrogen-bond donors (Lipinski definition) is 2. The highest BCUT2D eigenvalue weighted by Gasteiger charge is 2.32. The van der Waals surface area contributed by atoms with Crippen molar-refractivity contribution in [3.8, 4) is 0 Å². The molecule has 0 spiro atoms. The minimum atomic E-state index is -1.22. The molecular formula is C27H24N4O4. The topological polar surface area (TPSA) is 108 Å². The minimum Gasteiger partial charge on any atom is -0.338 e. The molecule has 3 amide bonds. The summed E-state index contributed by atoms with van der Waals surface area (Å²) in [5, 5.41) is 5.01. The number of fused-ring (bicyclic) bond motifs is 1. The van der Waals surface area contributed by atoms with Crippen molar-refractivity contribution in [1.29, 1.82) is 0 Å². The molecule has 0 saturated heterocycles. The summed E-state index contributed by atoms with van der Waals surface area (Å²) in [5.74, 6) is -2.75. The summed E-state index contributed by atoms with van der Waals surface area (Å²) in [6.45, 7) is 1.44. The number of nitrogens with zero attached hydrogens (tertiary/aromatic N) is 2. The molecule has 0 bridgehead atoms. The van der Waals surface area contributed by atoms with Crippen molar-refractivity contribution < 1.29 is 19.2 Å². The maximum absolute atomic E-state index is 13.2. The van der Waals surface area contributed by atoms with Crippen LogP contribution in [-0.4, -0.2) is 48.5 Å². The van der Waals surface area contributed by atoms with E-state index in [4.69, 9.17) is 0 Å². The van der Waals surface area contributed by atoms with Gasteiger partial charge in [-0.3, -0.25) is 19.2 Å². The van der Waals surface area contributed by atoms with Gasteiger partial charge >= 0.3 is 0 Å². The van der Waals surface area contributed by atoms with Gasteiger partial charge in [-0.25, -0.2) is 4.99 Å². The lowest BCUT2D eigenvalue weighted by Gasteiger charge is -2.22. The van der Waals surface area contributed by atoms with Gasteiger partial charge in [-0.15, -0.1) is 0 Å². The molecule has 3 aromatic carbocycles. The smallest absolute Gasteiger partial charge is 0.293 e. The predicted molar refractivity (Wildman–Crippen MR) is 132 cm³/mol. The molecule has 1 aliphatic heterocycles. The molecule has 0 aliphatic carbocycles. The third kappa shape index (κ3) is 5.01. The fourth-order valence-electron chi connectivity index (χ4n) is 3.75. The Morgan fingerprint density at radius 3 is 2.17 bits per heavy atom. The van der Waals surface area contributed by atoms with E-state index in [1.807, 2.05) is 54.6 Å². The Bertz CT molecular complexity index is 1310. The molecule has 8 nitrogen and oxygen atoms in total. The summed E-state index contributed by atoms with van der Waals surface area (Å²) < 4.78 is 0. The Morgan fingerprint density at radius 2 is 1.49 bits per heavy atom. The zero-order valence-electron chi connectivity index (χ0n) is 19.3. The predicted octanol–water partition coefficient (Wildman–Crippen LogP) is 2.33. The van der Waals surface area contributed by atoms with Crippen LogP contribution in [0.3, 0.4) is 0 Å². The van der Waals surface area contributed by atoms with Crippen molar-refractivity contribution in [2.75, 3.05) is 11.9 Å². The lowest BCUT2D eigenvalue weighted by atomic mass is 10.0. The zero-order chi connectivity index (χ0) is 24.9. The van der Waals surface area contributed by atoms with Crippen LogP contribution in [0.5, 0.6) is 0 Å². The molecule has 2 N–H and O–H groups in total. The summed E-state index contributed by atoms with van der Waals surface area (Å²) in [7, 11) is 1.62. The molecule has 4 rings (SSSR count). The largest absolute Gasteiger partial charge is 0.338 e. The van der Waals surface area contributed by atoms with Crippen LogP contribution in [0.2, 0.25) is 0 Å². The fraction of sp³-hybridized carbons (Fsp3) is 0.148. The molecule has 8 heteroatoms. The first kappa shape index (κ1) is 23.6. The first-order valence-corrected chi connectivity index (χ1v) is 11.1. The monoisotopic (exact) mass is 468 g/mol. The number of anilines is 1. The van der Waals surface area contributed by atoms with Crippen molar-refractivity contribution in [2.45, 2.75) is 19.1 Å². The number of amides is 3. The molecule has 3 aromatic rings. The Balaban J connectivity index is 1.57. The maximum atomic E-state index is 13.2. The van der Waals surface area contributed by atoms with Crippen molar-refractivity contribution >= 4 is 34.9 Å². The summed E-state index contributed by atoms with van der Waals surface area (Å²) in [6, 6.07) is 23.7. The molecule has 1 heterocycles. The van der Waals surface area contributed by atoms with Gasteiger partial charge in [-0.1, -0.05) is 78.9 Å². The number of likely N-dealkylation sites (N-methyl/N-ethyl adjacent to an activating group) is 1. The van der Waals surface area contributed by atoms with E-state index in [1.54, 1.807) is 25.2 Å². The molecule has 176 valence electrons. The van der Waals surface area contributed by atoms with Gasteiger partial charge in [0.2, 0.25) is 17.9 Å². The minimum absolute atomic E-state index is 0.216. The number of Topliss-reactive ketones (excluding diaryl/α,β-unsaturated/α-hetero) is 1. The first-order valence-electron chi connectivity index (χ1n) is 11.1. The number of aliphatic imine (C=N–C) groups is 1. The number of nitrogens with one attached hydrogen (secondary N) is 2. The van der Waals surface area contributed by atoms with E-state index in [0.29, 0.717) is 11.4 Å². The van der Waals surface area contributed by atoms with Gasteiger partial charge < -0.3 is 15.5 Å². The van der Waals surface area contributed by atoms with Gasteiger partial charge in [0.15, 0.2) is 0 Å². The Labute approximate surface area is 202 Å². The lowest BCUT2D eigenvalue weighted by Crippen LogP contribution is -2.53. The van der Waals surface area contributed by atoms with E-state index in [-0.39, 0.29) is 5.56 Å². The van der Waals surface area contributed by atoms with Crippen molar-refractivity contribution in [2.24, 2.45) is 4.99 Å². The number of benzene rings is 3. The van der Waals surface area contributed by atoms with Gasteiger partial charge in [-0.05, 0) is 13.0 Å². The number of ketones is 1. The van der Waals surface area contributed by atoms with E-state index in [1.165, 1.54) is 24.0 Å². The molecule has 35 heavy (non-hydrogen) atoms. The van der Waals surface area contributed by atoms with Crippen molar-refractivity contribution in [3.63, 3.8) is 0 Å². The average Bonchev–Trinajstić information content (AvgIpc) is 2.99. The number of para-hydroxylation sites is 1. The highest BCUT2D eigenvalue weighted by molar-refractivity contribution is 6.43. The van der Waals surface area contributed by atoms with Crippen LogP contribution < -0.4 is 15.5 Å². The third-order valence-corrected chi connectivity index (χ3v) is 5.65. The second-order valence-corrected chi connectivity index (χ2v) is 8.06. The third-order valence-electron chi connectivity index (χ3n) is 5.65. The van der Waals surface area contributed by atoms with Gasteiger partial charge in [-0.2, -0.15) is 0 Å². The van der Waals surface area contributed by atoms with E-state index in [2.05, 4.69) is 15.6 Å². The van der Waals surface area contributed by atoms with Crippen LogP contribution in [0, 0.1) is 0 Å². The quantitative estimate of drug-likeness (QED) is 0.428. The molecule has 0 fully saturated rings. The number of carbonyl (C=O) groups is 4. The number of benzodiazepines with no additional fused rings is 1. The zero-order valence-corrected chi connectivity index (χ0v) is 19.3. The van der Waals surface area contributed by atoms with Gasteiger partial charge in [0.25, 0.3) is 11.8 Å². The van der Waals surface area contributed by atoms with Gasteiger partial charge in [0.05, 0.1) is 11.4 Å². The standard InChI is InChI=1S/C27H24N4O4/c1-17(28-26(34)23(32)19-13-7-4-8-14-19)25(33)30-24-27(35)31(2)21-16-10-9-15-20(21)22(29-24)18-11-5-3-6-12-18/h3-17,24H,1-2H3,(H,28,34)(H,30,33). The van der Waals surface area contributed by atoms with Crippen LogP contribution in [0.4, 0.5) is 5.69 Å². The molecule has 2 atom stereocenters. The Hall–Kier alpha value is -4.59. The molecule has 2 unspecified atom stereocenters. The molecular weight excluding hydrogens is 444 g/mol. The lowest BCUT2D eigenvalue weighted by molar-refractivity contribution is -0.129. The number of hydrogen-bond acceptors (Lipinski definition) is 5. The number of rotatable bonds is 6. The summed E-state index contributed by atoms with van der Waals surface area (Å²) >= 11 is 0. The molecule has 1 aliphatic rings. The second-order valence-electron chi connectivity index (χ2n) is 8.06. The highest BCUT2D eigenvalue weighted by atomic mass is 16.2. The van der Waals surface area contributed by atoms with Crippen molar-refractivity contribution in [3.05, 3.63) is 102 Å². The van der Waals surface area contributed by atoms with Gasteiger partial charge in [0.1, 0.15) is 6.04 Å². The van der Waals surface area contributed by atoms with Crippen LogP contribution in [0.15, 0.2) is 89.9 Å². The highest BCUT2D eigenvalue weighted by Crippen LogP contribution is 2.27. The SMILES string of the molecule is CC(NC(=O)C(=O)c1ccccc1)C(=O)NC1N=C(c2ccccc2)c2ccccc2N(C)C1=O. The fourth-order valence-corrected chi connectivity index (χ4v) is 3.75. The summed E-state index contributed by atoms with van der Waals surface area (Å²) in [5.41, 5.74) is 2.97. The summed E-state index contributed by atoms with van der Waals surface area (Å²) in [4.78, 5) is 56.9. The Kier molecular flexibility index (Phi) is 6.82. The van der Waals surface area contributed by atoms with E-state index < -0.39 is 35.7 Å².